The minimum absolute atomic E-state index is 0.232. The Balaban J connectivity index is 2.20. The van der Waals surface area contributed by atoms with Gasteiger partial charge < -0.3 is 10.4 Å². The summed E-state index contributed by atoms with van der Waals surface area (Å²) in [5.74, 6) is -2.59. The van der Waals surface area contributed by atoms with E-state index in [1.54, 1.807) is 6.07 Å². The van der Waals surface area contributed by atoms with Gasteiger partial charge in [0, 0.05) is 5.56 Å². The molecule has 1 aromatic rings. The van der Waals surface area contributed by atoms with Crippen molar-refractivity contribution < 1.29 is 23.5 Å². The molecule has 1 saturated carbocycles. The molecule has 1 aromatic carbocycles. The van der Waals surface area contributed by atoms with E-state index in [2.05, 4.69) is 5.32 Å². The molecule has 0 aliphatic heterocycles. The maximum atomic E-state index is 13.7. The van der Waals surface area contributed by atoms with Crippen molar-refractivity contribution in [1.82, 2.24) is 5.32 Å². The maximum absolute atomic E-state index is 13.7. The fraction of sp³-hybridized carbons (Fsp3) is 0.385. The Kier molecular flexibility index (Phi) is 3.50. The molecule has 19 heavy (non-hydrogen) atoms. The number of rotatable bonds is 5. The molecule has 0 saturated heterocycles. The zero-order valence-corrected chi connectivity index (χ0v) is 10.0. The Hall–Kier alpha value is -1.98. The third kappa shape index (κ3) is 2.43. The molecule has 6 heteroatoms. The third-order valence-corrected chi connectivity index (χ3v) is 3.33. The van der Waals surface area contributed by atoms with Crippen LogP contribution in [-0.4, -0.2) is 29.7 Å². The fourth-order valence-corrected chi connectivity index (χ4v) is 2.06. The molecule has 1 atom stereocenters. The molecule has 1 amide bonds. The lowest BCUT2D eigenvalue weighted by Gasteiger charge is -2.18. The van der Waals surface area contributed by atoms with E-state index in [0.29, 0.717) is 12.8 Å². The molecule has 0 bridgehead atoms. The van der Waals surface area contributed by atoms with Gasteiger partial charge in [-0.15, -0.1) is 0 Å². The van der Waals surface area contributed by atoms with E-state index in [1.807, 2.05) is 0 Å². The largest absolute Gasteiger partial charge is 0.480 e. The van der Waals surface area contributed by atoms with Crippen molar-refractivity contribution in [2.45, 2.75) is 24.3 Å². The van der Waals surface area contributed by atoms with Crippen molar-refractivity contribution in [3.05, 3.63) is 35.6 Å². The van der Waals surface area contributed by atoms with Gasteiger partial charge in [-0.05, 0) is 18.9 Å². The SMILES string of the molecule is O=C(O)C(CF)NC(=O)C1(c2ccccc2F)CC1. The standard InChI is InChI=1S/C13H13F2NO3/c14-7-10(11(17)18)16-12(19)13(5-6-13)8-3-1-2-4-9(8)15/h1-4,10H,5-7H2,(H,16,19)(H,17,18). The summed E-state index contributed by atoms with van der Waals surface area (Å²) in [6.45, 7) is -1.20. The summed E-state index contributed by atoms with van der Waals surface area (Å²) >= 11 is 0. The monoisotopic (exact) mass is 269 g/mol. The van der Waals surface area contributed by atoms with Gasteiger partial charge in [0.25, 0.3) is 0 Å². The molecule has 1 unspecified atom stereocenters. The van der Waals surface area contributed by atoms with Crippen LogP contribution in [0.15, 0.2) is 24.3 Å². The summed E-state index contributed by atoms with van der Waals surface area (Å²) in [5, 5.41) is 10.8. The van der Waals surface area contributed by atoms with Crippen molar-refractivity contribution in [3.8, 4) is 0 Å². The number of benzene rings is 1. The average Bonchev–Trinajstić information content (AvgIpc) is 3.17. The minimum Gasteiger partial charge on any atom is -0.480 e. The molecule has 102 valence electrons. The Labute approximate surface area is 108 Å². The number of amides is 1. The van der Waals surface area contributed by atoms with E-state index >= 15 is 0 Å². The number of carboxylic acid groups (broad SMARTS) is 1. The quantitative estimate of drug-likeness (QED) is 0.849. The molecular formula is C13H13F2NO3. The highest BCUT2D eigenvalue weighted by Crippen LogP contribution is 2.49. The van der Waals surface area contributed by atoms with Crippen molar-refractivity contribution in [3.63, 3.8) is 0 Å². The number of carbonyl (C=O) groups is 2. The highest BCUT2D eigenvalue weighted by Gasteiger charge is 2.53. The van der Waals surface area contributed by atoms with Crippen LogP contribution in [-0.2, 0) is 15.0 Å². The summed E-state index contributed by atoms with van der Waals surface area (Å²) in [7, 11) is 0. The minimum atomic E-state index is -1.59. The molecule has 0 radical (unpaired) electrons. The van der Waals surface area contributed by atoms with Crippen LogP contribution in [0.3, 0.4) is 0 Å². The first-order valence-corrected chi connectivity index (χ1v) is 5.86. The van der Waals surface area contributed by atoms with E-state index in [1.165, 1.54) is 18.2 Å². The van der Waals surface area contributed by atoms with Gasteiger partial charge in [-0.2, -0.15) is 0 Å². The van der Waals surface area contributed by atoms with Crippen LogP contribution in [0.2, 0.25) is 0 Å². The predicted molar refractivity (Wildman–Crippen MR) is 62.9 cm³/mol. The first kappa shape index (κ1) is 13.5. The topological polar surface area (TPSA) is 66.4 Å². The molecule has 0 heterocycles. The Morgan fingerprint density at radius 2 is 2.00 bits per heavy atom. The Morgan fingerprint density at radius 3 is 2.47 bits per heavy atom. The van der Waals surface area contributed by atoms with Crippen molar-refractivity contribution in [2.75, 3.05) is 6.67 Å². The van der Waals surface area contributed by atoms with Crippen molar-refractivity contribution >= 4 is 11.9 Å². The second-order valence-corrected chi connectivity index (χ2v) is 4.58. The summed E-state index contributed by atoms with van der Waals surface area (Å²) < 4.78 is 26.2. The summed E-state index contributed by atoms with van der Waals surface area (Å²) in [6.07, 6.45) is 0.858. The second kappa shape index (κ2) is 4.95. The first-order chi connectivity index (χ1) is 9.01. The van der Waals surface area contributed by atoms with Crippen molar-refractivity contribution in [2.24, 2.45) is 0 Å². The summed E-state index contributed by atoms with van der Waals surface area (Å²) in [5.41, 5.74) is -0.815. The van der Waals surface area contributed by atoms with Gasteiger partial charge in [0.2, 0.25) is 5.91 Å². The highest BCUT2D eigenvalue weighted by atomic mass is 19.1. The van der Waals surface area contributed by atoms with Crippen LogP contribution >= 0.6 is 0 Å². The van der Waals surface area contributed by atoms with Gasteiger partial charge in [-0.1, -0.05) is 18.2 Å². The van der Waals surface area contributed by atoms with E-state index in [9.17, 15) is 18.4 Å². The number of hydrogen-bond donors (Lipinski definition) is 2. The predicted octanol–water partition coefficient (Wildman–Crippen LogP) is 1.40. The number of nitrogens with one attached hydrogen (secondary N) is 1. The molecule has 1 fully saturated rings. The highest BCUT2D eigenvalue weighted by molar-refractivity contribution is 5.94. The van der Waals surface area contributed by atoms with Crippen LogP contribution in [0.25, 0.3) is 0 Å². The van der Waals surface area contributed by atoms with Gasteiger partial charge in [-0.3, -0.25) is 4.79 Å². The van der Waals surface area contributed by atoms with E-state index < -0.39 is 35.8 Å². The van der Waals surface area contributed by atoms with Crippen LogP contribution in [0, 0.1) is 5.82 Å². The maximum Gasteiger partial charge on any atom is 0.328 e. The number of carboxylic acids is 1. The number of halogens is 2. The number of carbonyl (C=O) groups excluding carboxylic acids is 1. The van der Waals surface area contributed by atoms with Crippen LogP contribution < -0.4 is 5.32 Å². The second-order valence-electron chi connectivity index (χ2n) is 4.58. The molecular weight excluding hydrogens is 256 g/mol. The molecule has 4 nitrogen and oxygen atoms in total. The number of hydrogen-bond acceptors (Lipinski definition) is 2. The Bertz CT molecular complexity index is 514. The third-order valence-electron chi connectivity index (χ3n) is 3.33. The van der Waals surface area contributed by atoms with E-state index in [0.717, 1.165) is 0 Å². The van der Waals surface area contributed by atoms with E-state index in [-0.39, 0.29) is 5.56 Å². The number of aliphatic carboxylic acids is 1. The number of alkyl halides is 1. The van der Waals surface area contributed by atoms with Crippen LogP contribution in [0.5, 0.6) is 0 Å². The lowest BCUT2D eigenvalue weighted by molar-refractivity contribution is -0.142. The van der Waals surface area contributed by atoms with Gasteiger partial charge in [0.1, 0.15) is 12.5 Å². The smallest absolute Gasteiger partial charge is 0.328 e. The van der Waals surface area contributed by atoms with Crippen LogP contribution in [0.4, 0.5) is 8.78 Å². The zero-order valence-electron chi connectivity index (χ0n) is 10.0. The lowest BCUT2D eigenvalue weighted by atomic mass is 9.94. The van der Waals surface area contributed by atoms with Gasteiger partial charge in [-0.25, -0.2) is 13.6 Å². The van der Waals surface area contributed by atoms with Crippen molar-refractivity contribution in [1.29, 1.82) is 0 Å². The zero-order chi connectivity index (χ0) is 14.0. The normalized spacial score (nSPS) is 17.6. The summed E-state index contributed by atoms with van der Waals surface area (Å²) in [4.78, 5) is 22.7. The fourth-order valence-electron chi connectivity index (χ4n) is 2.06. The average molecular weight is 269 g/mol. The molecule has 0 aromatic heterocycles. The van der Waals surface area contributed by atoms with E-state index in [4.69, 9.17) is 5.11 Å². The first-order valence-electron chi connectivity index (χ1n) is 5.86. The molecule has 2 rings (SSSR count). The van der Waals surface area contributed by atoms with Gasteiger partial charge >= 0.3 is 5.97 Å². The Morgan fingerprint density at radius 1 is 1.37 bits per heavy atom. The molecule has 1 aliphatic rings. The van der Waals surface area contributed by atoms with Crippen LogP contribution in [0.1, 0.15) is 18.4 Å². The van der Waals surface area contributed by atoms with Gasteiger partial charge in [0.05, 0.1) is 5.41 Å². The molecule has 1 aliphatic carbocycles. The molecule has 2 N–H and O–H groups in total. The van der Waals surface area contributed by atoms with Gasteiger partial charge in [0.15, 0.2) is 6.04 Å². The molecule has 0 spiro atoms. The lowest BCUT2D eigenvalue weighted by Crippen LogP contribution is -2.47. The summed E-state index contributed by atoms with van der Waals surface area (Å²) in [6, 6.07) is 4.26.